The number of nitrogens with zero attached hydrogens (tertiary/aromatic N) is 1. The van der Waals surface area contributed by atoms with Crippen molar-refractivity contribution in [2.75, 3.05) is 0 Å². The van der Waals surface area contributed by atoms with Gasteiger partial charge in [0.25, 0.3) is 0 Å². The maximum absolute atomic E-state index is 11.7. The second-order valence-electron chi connectivity index (χ2n) is 6.01. The van der Waals surface area contributed by atoms with E-state index in [1.807, 2.05) is 0 Å². The highest BCUT2D eigenvalue weighted by Gasteiger charge is 2.16. The minimum absolute atomic E-state index is 0.0825. The number of hydrogen-bond donors (Lipinski definition) is 3. The first-order chi connectivity index (χ1) is 10.2. The number of H-pyrrole nitrogens is 1. The summed E-state index contributed by atoms with van der Waals surface area (Å²) in [5.74, 6) is -1.04. The van der Waals surface area contributed by atoms with E-state index in [4.69, 9.17) is 9.84 Å². The van der Waals surface area contributed by atoms with E-state index in [0.717, 1.165) is 5.56 Å². The molecular formula is C15H19N3O4. The smallest absolute Gasteiger partial charge is 0.407 e. The lowest BCUT2D eigenvalue weighted by Gasteiger charge is -2.19. The summed E-state index contributed by atoms with van der Waals surface area (Å²) in [7, 11) is 0. The average Bonchev–Trinajstić information content (AvgIpc) is 2.76. The number of nitrogens with one attached hydrogen (secondary N) is 2. The number of ether oxygens (including phenoxy) is 1. The highest BCUT2D eigenvalue weighted by molar-refractivity contribution is 5.92. The van der Waals surface area contributed by atoms with Crippen molar-refractivity contribution >= 4 is 23.1 Å². The molecule has 7 nitrogen and oxygen atoms in total. The van der Waals surface area contributed by atoms with Crippen molar-refractivity contribution in [2.24, 2.45) is 0 Å². The molecule has 0 saturated carbocycles. The molecule has 2 heterocycles. The second-order valence-corrected chi connectivity index (χ2v) is 6.01. The summed E-state index contributed by atoms with van der Waals surface area (Å²) in [6.07, 6.45) is -0.507. The summed E-state index contributed by atoms with van der Waals surface area (Å²) in [5, 5.41) is 12.3. The van der Waals surface area contributed by atoms with Gasteiger partial charge in [0.1, 0.15) is 16.9 Å². The normalized spacial score (nSPS) is 11.5. The average molecular weight is 305 g/mol. The molecule has 0 spiro atoms. The fourth-order valence-electron chi connectivity index (χ4n) is 1.97. The molecule has 0 unspecified atom stereocenters. The zero-order chi connectivity index (χ0) is 16.5. The SMILES string of the molecule is Cc1nc2[nH]c(C(=O)O)cc2cc1CNC(=O)OC(C)(C)C. The molecule has 0 fully saturated rings. The summed E-state index contributed by atoms with van der Waals surface area (Å²) in [5.41, 5.74) is 1.55. The van der Waals surface area contributed by atoms with Crippen LogP contribution in [0.15, 0.2) is 12.1 Å². The Balaban J connectivity index is 2.16. The molecule has 7 heteroatoms. The first-order valence-electron chi connectivity index (χ1n) is 6.85. The Labute approximate surface area is 127 Å². The molecule has 2 rings (SSSR count). The second kappa shape index (κ2) is 5.67. The van der Waals surface area contributed by atoms with E-state index in [9.17, 15) is 9.59 Å². The van der Waals surface area contributed by atoms with Gasteiger partial charge in [-0.15, -0.1) is 0 Å². The lowest BCUT2D eigenvalue weighted by Crippen LogP contribution is -2.32. The Morgan fingerprint density at radius 1 is 1.36 bits per heavy atom. The number of aryl methyl sites for hydroxylation is 1. The van der Waals surface area contributed by atoms with Gasteiger partial charge in [0.15, 0.2) is 0 Å². The van der Waals surface area contributed by atoms with Gasteiger partial charge in [0, 0.05) is 17.6 Å². The maximum Gasteiger partial charge on any atom is 0.407 e. The molecule has 2 aromatic rings. The summed E-state index contributed by atoms with van der Waals surface area (Å²) in [6, 6.07) is 3.32. The fraction of sp³-hybridized carbons (Fsp3) is 0.400. The van der Waals surface area contributed by atoms with Crippen LogP contribution in [0.4, 0.5) is 4.79 Å². The number of alkyl carbamates (subject to hydrolysis) is 1. The van der Waals surface area contributed by atoms with Crippen molar-refractivity contribution in [3.05, 3.63) is 29.1 Å². The standard InChI is InChI=1S/C15H19N3O4/c1-8-10(7-16-14(21)22-15(2,3)4)5-9-6-11(13(19)20)18-12(9)17-8/h5-6H,7H2,1-4H3,(H,16,21)(H,17,18)(H,19,20). The molecule has 0 bridgehead atoms. The van der Waals surface area contributed by atoms with Crippen LogP contribution >= 0.6 is 0 Å². The third-order valence-corrected chi connectivity index (χ3v) is 2.95. The third kappa shape index (κ3) is 3.75. The molecule has 0 aromatic carbocycles. The number of aromatic carboxylic acids is 1. The van der Waals surface area contributed by atoms with Gasteiger partial charge in [-0.1, -0.05) is 0 Å². The van der Waals surface area contributed by atoms with Crippen molar-refractivity contribution in [2.45, 2.75) is 39.8 Å². The number of carboxylic acids is 1. The lowest BCUT2D eigenvalue weighted by molar-refractivity contribution is 0.0523. The van der Waals surface area contributed by atoms with Gasteiger partial charge >= 0.3 is 12.1 Å². The van der Waals surface area contributed by atoms with Crippen molar-refractivity contribution in [1.82, 2.24) is 15.3 Å². The van der Waals surface area contributed by atoms with Crippen LogP contribution in [-0.4, -0.2) is 32.7 Å². The van der Waals surface area contributed by atoms with E-state index in [1.165, 1.54) is 6.07 Å². The predicted molar refractivity (Wildman–Crippen MR) is 80.9 cm³/mol. The van der Waals surface area contributed by atoms with Crippen LogP contribution in [0.5, 0.6) is 0 Å². The first-order valence-corrected chi connectivity index (χ1v) is 6.85. The van der Waals surface area contributed by atoms with E-state index in [2.05, 4.69) is 15.3 Å². The minimum atomic E-state index is -1.04. The molecule has 2 aromatic heterocycles. The Hall–Kier alpha value is -2.57. The number of carboxylic acid groups (broad SMARTS) is 1. The van der Waals surface area contributed by atoms with Gasteiger partial charge in [-0.25, -0.2) is 14.6 Å². The Morgan fingerprint density at radius 3 is 2.64 bits per heavy atom. The molecule has 22 heavy (non-hydrogen) atoms. The number of rotatable bonds is 3. The molecule has 1 amide bonds. The molecule has 0 radical (unpaired) electrons. The topological polar surface area (TPSA) is 104 Å². The molecule has 0 saturated heterocycles. The maximum atomic E-state index is 11.7. The van der Waals surface area contributed by atoms with Gasteiger partial charge in [0.05, 0.1) is 0 Å². The van der Waals surface area contributed by atoms with Crippen LogP contribution in [-0.2, 0) is 11.3 Å². The molecule has 0 aliphatic heterocycles. The molecule has 0 atom stereocenters. The lowest BCUT2D eigenvalue weighted by atomic mass is 10.1. The summed E-state index contributed by atoms with van der Waals surface area (Å²) < 4.78 is 5.17. The molecule has 0 aliphatic rings. The number of carbonyl (C=O) groups is 2. The number of aromatic amines is 1. The number of amides is 1. The van der Waals surface area contributed by atoms with E-state index >= 15 is 0 Å². The number of hydrogen-bond acceptors (Lipinski definition) is 4. The highest BCUT2D eigenvalue weighted by atomic mass is 16.6. The first kappa shape index (κ1) is 15.8. The van der Waals surface area contributed by atoms with Crippen LogP contribution in [0, 0.1) is 6.92 Å². The summed E-state index contributed by atoms with van der Waals surface area (Å²) >= 11 is 0. The van der Waals surface area contributed by atoms with E-state index < -0.39 is 17.7 Å². The highest BCUT2D eigenvalue weighted by Crippen LogP contribution is 2.18. The van der Waals surface area contributed by atoms with Gasteiger partial charge in [-0.3, -0.25) is 0 Å². The van der Waals surface area contributed by atoms with Gasteiger partial charge in [-0.05, 0) is 45.4 Å². The van der Waals surface area contributed by atoms with Crippen LogP contribution in [0.3, 0.4) is 0 Å². The van der Waals surface area contributed by atoms with Crippen LogP contribution in [0.25, 0.3) is 11.0 Å². The third-order valence-electron chi connectivity index (χ3n) is 2.95. The number of pyridine rings is 1. The van der Waals surface area contributed by atoms with Crippen LogP contribution in [0.2, 0.25) is 0 Å². The molecule has 118 valence electrons. The monoisotopic (exact) mass is 305 g/mol. The predicted octanol–water partition coefficient (Wildman–Crippen LogP) is 2.59. The van der Waals surface area contributed by atoms with Crippen molar-refractivity contribution in [1.29, 1.82) is 0 Å². The van der Waals surface area contributed by atoms with E-state index in [1.54, 1.807) is 33.8 Å². The van der Waals surface area contributed by atoms with Gasteiger partial charge in [0.2, 0.25) is 0 Å². The van der Waals surface area contributed by atoms with Crippen molar-refractivity contribution in [3.8, 4) is 0 Å². The summed E-state index contributed by atoms with van der Waals surface area (Å²) in [4.78, 5) is 29.7. The van der Waals surface area contributed by atoms with E-state index in [-0.39, 0.29) is 12.2 Å². The van der Waals surface area contributed by atoms with Crippen molar-refractivity contribution < 1.29 is 19.4 Å². The largest absolute Gasteiger partial charge is 0.477 e. The zero-order valence-corrected chi connectivity index (χ0v) is 13.0. The van der Waals surface area contributed by atoms with E-state index in [0.29, 0.717) is 16.7 Å². The number of aromatic nitrogens is 2. The summed E-state index contributed by atoms with van der Waals surface area (Å²) in [6.45, 7) is 7.43. The quantitative estimate of drug-likeness (QED) is 0.808. The Bertz CT molecular complexity index is 728. The van der Waals surface area contributed by atoms with Gasteiger partial charge < -0.3 is 20.1 Å². The molecule has 0 aliphatic carbocycles. The minimum Gasteiger partial charge on any atom is -0.477 e. The molecule has 3 N–H and O–H groups in total. The number of fused-ring (bicyclic) bond motifs is 1. The Morgan fingerprint density at radius 2 is 2.05 bits per heavy atom. The molecular weight excluding hydrogens is 286 g/mol. The van der Waals surface area contributed by atoms with Crippen LogP contribution in [0.1, 0.15) is 42.5 Å². The van der Waals surface area contributed by atoms with Crippen molar-refractivity contribution in [3.63, 3.8) is 0 Å². The zero-order valence-electron chi connectivity index (χ0n) is 13.0. The van der Waals surface area contributed by atoms with Gasteiger partial charge in [-0.2, -0.15) is 0 Å². The number of carbonyl (C=O) groups excluding carboxylic acids is 1. The van der Waals surface area contributed by atoms with Crippen LogP contribution < -0.4 is 5.32 Å². The fourth-order valence-corrected chi connectivity index (χ4v) is 1.97. The Kier molecular flexibility index (Phi) is 4.07.